The van der Waals surface area contributed by atoms with Gasteiger partial charge >= 0.3 is 0 Å². The molecule has 1 aromatic rings. The molecule has 134 valence electrons. The minimum atomic E-state index is -3.56. The second kappa shape index (κ2) is 6.85. The molecule has 0 saturated carbocycles. The van der Waals surface area contributed by atoms with E-state index in [1.807, 2.05) is 6.92 Å². The Hall–Kier alpha value is -1.38. The average molecular weight is 354 g/mol. The quantitative estimate of drug-likeness (QED) is 0.842. The number of rotatable bonds is 4. The highest BCUT2D eigenvalue weighted by molar-refractivity contribution is 7.89. The van der Waals surface area contributed by atoms with Gasteiger partial charge in [-0.25, -0.2) is 8.42 Å². The molecular weight excluding hydrogens is 328 g/mol. The van der Waals surface area contributed by atoms with Gasteiger partial charge in [-0.3, -0.25) is 4.79 Å². The monoisotopic (exact) mass is 354 g/mol. The number of piperidine rings is 1. The van der Waals surface area contributed by atoms with Crippen LogP contribution in [0.4, 0.5) is 0 Å². The molecule has 8 heteroatoms. The predicted octanol–water partition coefficient (Wildman–Crippen LogP) is 0.999. The van der Waals surface area contributed by atoms with Gasteiger partial charge in [0.05, 0.1) is 0 Å². The summed E-state index contributed by atoms with van der Waals surface area (Å²) in [6.45, 7) is 4.41. The number of aromatic amines is 1. The summed E-state index contributed by atoms with van der Waals surface area (Å²) in [5.74, 6) is 0.250. The number of nitrogens with zero attached hydrogens (tertiary/aromatic N) is 2. The minimum absolute atomic E-state index is 0.0896. The highest BCUT2D eigenvalue weighted by atomic mass is 32.2. The fourth-order valence-corrected chi connectivity index (χ4v) is 4.99. The van der Waals surface area contributed by atoms with Crippen LogP contribution in [0.25, 0.3) is 0 Å². The Balaban J connectivity index is 1.70. The molecule has 0 spiro atoms. The highest BCUT2D eigenvalue weighted by Gasteiger charge is 2.32. The molecule has 3 N–H and O–H groups in total. The van der Waals surface area contributed by atoms with Crippen LogP contribution in [0.1, 0.15) is 43.1 Å². The first kappa shape index (κ1) is 17.4. The summed E-state index contributed by atoms with van der Waals surface area (Å²) in [7, 11) is -3.56. The first-order chi connectivity index (χ1) is 11.4. The molecule has 1 unspecified atom stereocenters. The topological polar surface area (TPSA) is 99.5 Å². The Morgan fingerprint density at radius 3 is 2.46 bits per heavy atom. The summed E-state index contributed by atoms with van der Waals surface area (Å²) in [5, 5.41) is 0. The number of likely N-dealkylation sites (tertiary alicyclic amines) is 1. The molecule has 7 nitrogen and oxygen atoms in total. The van der Waals surface area contributed by atoms with Gasteiger partial charge in [0.1, 0.15) is 10.6 Å². The van der Waals surface area contributed by atoms with Crippen LogP contribution >= 0.6 is 0 Å². The number of nitrogens with one attached hydrogen (secondary N) is 1. The molecule has 1 atom stereocenters. The molecule has 2 fully saturated rings. The Labute approximate surface area is 143 Å². The maximum atomic E-state index is 12.8. The zero-order valence-electron chi connectivity index (χ0n) is 14.1. The molecule has 2 aliphatic rings. The van der Waals surface area contributed by atoms with Crippen molar-refractivity contribution >= 4 is 15.9 Å². The molecule has 0 radical (unpaired) electrons. The van der Waals surface area contributed by atoms with Crippen molar-refractivity contribution in [2.24, 2.45) is 11.7 Å². The molecule has 1 aromatic heterocycles. The molecule has 2 saturated heterocycles. The van der Waals surface area contributed by atoms with Gasteiger partial charge in [-0.1, -0.05) is 0 Å². The maximum Gasteiger partial charge on any atom is 0.270 e. The fraction of sp³-hybridized carbons (Fsp3) is 0.688. The molecule has 1 amide bonds. The molecule has 0 aliphatic carbocycles. The maximum absolute atomic E-state index is 12.8. The summed E-state index contributed by atoms with van der Waals surface area (Å²) in [4.78, 5) is 17.1. The number of hydrogen-bond donors (Lipinski definition) is 2. The van der Waals surface area contributed by atoms with E-state index in [2.05, 4.69) is 4.98 Å². The Kier molecular flexibility index (Phi) is 4.98. The Morgan fingerprint density at radius 2 is 1.88 bits per heavy atom. The molecular formula is C16H26N4O3S. The number of carbonyl (C=O) groups is 1. The molecule has 2 aliphatic heterocycles. The summed E-state index contributed by atoms with van der Waals surface area (Å²) in [6, 6.07) is 1.56. The molecule has 24 heavy (non-hydrogen) atoms. The first-order valence-electron chi connectivity index (χ1n) is 8.63. The van der Waals surface area contributed by atoms with E-state index in [4.69, 9.17) is 5.73 Å². The van der Waals surface area contributed by atoms with Crippen LogP contribution in [0, 0.1) is 5.92 Å². The van der Waals surface area contributed by atoms with Crippen molar-refractivity contribution in [3.05, 3.63) is 18.0 Å². The Bertz CT molecular complexity index is 684. The Morgan fingerprint density at radius 1 is 1.25 bits per heavy atom. The van der Waals surface area contributed by atoms with Crippen molar-refractivity contribution in [1.29, 1.82) is 0 Å². The summed E-state index contributed by atoms with van der Waals surface area (Å²) < 4.78 is 27.0. The first-order valence-corrected chi connectivity index (χ1v) is 10.1. The predicted molar refractivity (Wildman–Crippen MR) is 91.1 cm³/mol. The smallest absolute Gasteiger partial charge is 0.270 e. The van der Waals surface area contributed by atoms with Gasteiger partial charge in [0, 0.05) is 38.4 Å². The number of sulfonamides is 1. The van der Waals surface area contributed by atoms with Crippen LogP contribution in [-0.2, 0) is 10.0 Å². The van der Waals surface area contributed by atoms with E-state index in [0.29, 0.717) is 24.7 Å². The third-order valence-electron chi connectivity index (χ3n) is 5.16. The summed E-state index contributed by atoms with van der Waals surface area (Å²) in [6.07, 6.45) is 5.00. The van der Waals surface area contributed by atoms with Crippen LogP contribution < -0.4 is 5.73 Å². The van der Waals surface area contributed by atoms with E-state index in [9.17, 15) is 13.2 Å². The summed E-state index contributed by atoms with van der Waals surface area (Å²) >= 11 is 0. The van der Waals surface area contributed by atoms with Gasteiger partial charge in [0.2, 0.25) is 10.0 Å². The molecule has 3 rings (SSSR count). The van der Waals surface area contributed by atoms with Crippen LogP contribution in [-0.4, -0.2) is 60.7 Å². The van der Waals surface area contributed by atoms with Gasteiger partial charge in [-0.05, 0) is 44.6 Å². The van der Waals surface area contributed by atoms with Crippen molar-refractivity contribution in [1.82, 2.24) is 14.2 Å². The number of aromatic nitrogens is 1. The minimum Gasteiger partial charge on any atom is -0.356 e. The van der Waals surface area contributed by atoms with Crippen LogP contribution in [0.3, 0.4) is 0 Å². The zero-order valence-corrected chi connectivity index (χ0v) is 14.9. The molecule has 3 heterocycles. The summed E-state index contributed by atoms with van der Waals surface area (Å²) in [5.41, 5.74) is 6.26. The number of nitrogens with two attached hydrogens (primary N) is 1. The second-order valence-electron chi connectivity index (χ2n) is 6.85. The lowest BCUT2D eigenvalue weighted by Crippen LogP contribution is -2.42. The van der Waals surface area contributed by atoms with E-state index in [1.54, 1.807) is 4.90 Å². The second-order valence-corrected chi connectivity index (χ2v) is 8.79. The van der Waals surface area contributed by atoms with Gasteiger partial charge in [-0.2, -0.15) is 4.31 Å². The van der Waals surface area contributed by atoms with E-state index in [0.717, 1.165) is 38.8 Å². The van der Waals surface area contributed by atoms with Crippen LogP contribution in [0.5, 0.6) is 0 Å². The van der Waals surface area contributed by atoms with Crippen molar-refractivity contribution in [2.45, 2.75) is 43.5 Å². The fourth-order valence-electron chi connectivity index (χ4n) is 3.53. The van der Waals surface area contributed by atoms with E-state index in [-0.39, 0.29) is 16.8 Å². The molecule has 0 aromatic carbocycles. The van der Waals surface area contributed by atoms with Gasteiger partial charge in [0.25, 0.3) is 5.91 Å². The van der Waals surface area contributed by atoms with E-state index >= 15 is 0 Å². The number of H-pyrrole nitrogens is 1. The number of carbonyl (C=O) groups excluding carboxylic acids is 1. The van der Waals surface area contributed by atoms with E-state index < -0.39 is 10.0 Å². The standard InChI is InChI=1S/C16H26N4O3S/c1-12(17)13-4-8-20(9-5-13)24(22,23)14-10-15(18-11-14)16(21)19-6-2-3-7-19/h10-13,18H,2-9,17H2,1H3. The SMILES string of the molecule is CC(N)C1CCN(S(=O)(=O)c2c[nH]c(C(=O)N3CCCC3)c2)CC1. The third kappa shape index (κ3) is 3.36. The van der Waals surface area contributed by atoms with E-state index in [1.165, 1.54) is 16.6 Å². The number of amides is 1. The zero-order chi connectivity index (χ0) is 17.3. The lowest BCUT2D eigenvalue weighted by atomic mass is 9.92. The lowest BCUT2D eigenvalue weighted by molar-refractivity contribution is 0.0787. The van der Waals surface area contributed by atoms with Gasteiger partial charge in [0.15, 0.2) is 0 Å². The average Bonchev–Trinajstić information content (AvgIpc) is 3.26. The normalized spacial score (nSPS) is 22.0. The molecule has 0 bridgehead atoms. The van der Waals surface area contributed by atoms with Crippen molar-refractivity contribution in [2.75, 3.05) is 26.2 Å². The van der Waals surface area contributed by atoms with Crippen LogP contribution in [0.15, 0.2) is 17.2 Å². The number of hydrogen-bond acceptors (Lipinski definition) is 4. The van der Waals surface area contributed by atoms with Crippen molar-refractivity contribution < 1.29 is 13.2 Å². The largest absolute Gasteiger partial charge is 0.356 e. The van der Waals surface area contributed by atoms with Gasteiger partial charge < -0.3 is 15.6 Å². The van der Waals surface area contributed by atoms with Crippen molar-refractivity contribution in [3.8, 4) is 0 Å². The highest BCUT2D eigenvalue weighted by Crippen LogP contribution is 2.26. The lowest BCUT2D eigenvalue weighted by Gasteiger charge is -2.32. The third-order valence-corrected chi connectivity index (χ3v) is 7.04. The van der Waals surface area contributed by atoms with Crippen molar-refractivity contribution in [3.63, 3.8) is 0 Å². The van der Waals surface area contributed by atoms with Crippen LogP contribution in [0.2, 0.25) is 0 Å². The van der Waals surface area contributed by atoms with Gasteiger partial charge in [-0.15, -0.1) is 0 Å².